The fourth-order valence-corrected chi connectivity index (χ4v) is 2.72. The number of hydrogen-bond donors (Lipinski definition) is 0. The third kappa shape index (κ3) is 4.23. The van der Waals surface area contributed by atoms with Gasteiger partial charge in [-0.2, -0.15) is 0 Å². The maximum absolute atomic E-state index is 12.5. The minimum absolute atomic E-state index is 0.237. The molecule has 3 aromatic rings. The van der Waals surface area contributed by atoms with E-state index < -0.39 is 17.7 Å². The highest BCUT2D eigenvalue weighted by atomic mass is 16.5. The van der Waals surface area contributed by atoms with Crippen LogP contribution in [0.15, 0.2) is 69.9 Å². The Morgan fingerprint density at radius 3 is 2.48 bits per heavy atom. The Labute approximate surface area is 156 Å². The molecule has 0 fully saturated rings. The van der Waals surface area contributed by atoms with Crippen LogP contribution in [-0.2, 0) is 16.1 Å². The Kier molecular flexibility index (Phi) is 5.35. The van der Waals surface area contributed by atoms with E-state index in [2.05, 4.69) is 0 Å². The number of fused-ring (bicyclic) bond motifs is 1. The predicted octanol–water partition coefficient (Wildman–Crippen LogP) is 3.00. The van der Waals surface area contributed by atoms with Gasteiger partial charge in [-0.05, 0) is 24.6 Å². The predicted molar refractivity (Wildman–Crippen MR) is 100 cm³/mol. The second-order valence-corrected chi connectivity index (χ2v) is 6.21. The SMILES string of the molecule is C[C@@H](OC(=O)c1cc2ccccc2oc1=O)C(=O)N(C)Cc1ccccc1. The van der Waals surface area contributed by atoms with Crippen molar-refractivity contribution in [1.29, 1.82) is 0 Å². The van der Waals surface area contributed by atoms with Gasteiger partial charge in [-0.3, -0.25) is 4.79 Å². The van der Waals surface area contributed by atoms with Gasteiger partial charge in [-0.25, -0.2) is 9.59 Å². The van der Waals surface area contributed by atoms with Crippen LogP contribution < -0.4 is 5.63 Å². The fourth-order valence-electron chi connectivity index (χ4n) is 2.72. The van der Waals surface area contributed by atoms with Crippen LogP contribution in [0.1, 0.15) is 22.8 Å². The molecule has 2 aromatic carbocycles. The van der Waals surface area contributed by atoms with E-state index in [0.29, 0.717) is 17.5 Å². The number of nitrogens with zero attached hydrogens (tertiary/aromatic N) is 1. The van der Waals surface area contributed by atoms with Crippen molar-refractivity contribution in [2.75, 3.05) is 7.05 Å². The van der Waals surface area contributed by atoms with Gasteiger partial charge >= 0.3 is 11.6 Å². The molecule has 138 valence electrons. The molecule has 1 atom stereocenters. The zero-order valence-corrected chi connectivity index (χ0v) is 15.0. The molecule has 1 heterocycles. The molecule has 3 rings (SSSR count). The van der Waals surface area contributed by atoms with Gasteiger partial charge in [0, 0.05) is 19.0 Å². The first kappa shape index (κ1) is 18.4. The minimum atomic E-state index is -1.03. The molecule has 6 nitrogen and oxygen atoms in total. The molecule has 0 saturated carbocycles. The van der Waals surface area contributed by atoms with Crippen molar-refractivity contribution in [2.24, 2.45) is 0 Å². The molecule has 27 heavy (non-hydrogen) atoms. The molecule has 0 N–H and O–H groups in total. The van der Waals surface area contributed by atoms with Crippen LogP contribution in [0.2, 0.25) is 0 Å². The molecule has 1 amide bonds. The highest BCUT2D eigenvalue weighted by molar-refractivity contribution is 5.94. The molecule has 0 aliphatic heterocycles. The van der Waals surface area contributed by atoms with Crippen molar-refractivity contribution >= 4 is 22.8 Å². The van der Waals surface area contributed by atoms with E-state index in [1.165, 1.54) is 17.9 Å². The molecule has 1 aromatic heterocycles. The van der Waals surface area contributed by atoms with Crippen LogP contribution in [-0.4, -0.2) is 29.9 Å². The Balaban J connectivity index is 1.70. The van der Waals surface area contributed by atoms with E-state index in [-0.39, 0.29) is 11.5 Å². The summed E-state index contributed by atoms with van der Waals surface area (Å²) in [6.45, 7) is 1.87. The summed E-state index contributed by atoms with van der Waals surface area (Å²) >= 11 is 0. The van der Waals surface area contributed by atoms with Crippen LogP contribution in [0.5, 0.6) is 0 Å². The van der Waals surface area contributed by atoms with E-state index in [9.17, 15) is 14.4 Å². The highest BCUT2D eigenvalue weighted by Gasteiger charge is 2.24. The summed E-state index contributed by atoms with van der Waals surface area (Å²) in [5, 5.41) is 0.601. The number of hydrogen-bond acceptors (Lipinski definition) is 5. The van der Waals surface area contributed by atoms with E-state index in [4.69, 9.17) is 9.15 Å². The lowest BCUT2D eigenvalue weighted by molar-refractivity contribution is -0.139. The Morgan fingerprint density at radius 1 is 1.07 bits per heavy atom. The monoisotopic (exact) mass is 365 g/mol. The number of rotatable bonds is 5. The summed E-state index contributed by atoms with van der Waals surface area (Å²) in [7, 11) is 1.63. The lowest BCUT2D eigenvalue weighted by Gasteiger charge is -2.21. The average Bonchev–Trinajstić information content (AvgIpc) is 2.67. The lowest BCUT2D eigenvalue weighted by Crippen LogP contribution is -2.37. The number of carbonyl (C=O) groups is 2. The van der Waals surface area contributed by atoms with Crippen molar-refractivity contribution in [3.05, 3.63) is 82.2 Å². The Bertz CT molecular complexity index is 1030. The number of benzene rings is 2. The molecule has 0 radical (unpaired) electrons. The van der Waals surface area contributed by atoms with Crippen molar-refractivity contribution in [2.45, 2.75) is 19.6 Å². The molecule has 0 saturated heterocycles. The van der Waals surface area contributed by atoms with Crippen molar-refractivity contribution in [3.63, 3.8) is 0 Å². The fraction of sp³-hybridized carbons (Fsp3) is 0.190. The summed E-state index contributed by atoms with van der Waals surface area (Å²) in [4.78, 5) is 38.3. The van der Waals surface area contributed by atoms with Crippen LogP contribution >= 0.6 is 0 Å². The van der Waals surface area contributed by atoms with E-state index in [0.717, 1.165) is 5.56 Å². The van der Waals surface area contributed by atoms with E-state index in [1.54, 1.807) is 31.3 Å². The van der Waals surface area contributed by atoms with Gasteiger partial charge in [0.2, 0.25) is 0 Å². The average molecular weight is 365 g/mol. The molecule has 0 spiro atoms. The van der Waals surface area contributed by atoms with Gasteiger partial charge in [-0.15, -0.1) is 0 Å². The molecule has 0 bridgehead atoms. The van der Waals surface area contributed by atoms with Gasteiger partial charge in [0.25, 0.3) is 5.91 Å². The minimum Gasteiger partial charge on any atom is -0.449 e. The topological polar surface area (TPSA) is 76.8 Å². The lowest BCUT2D eigenvalue weighted by atomic mass is 10.2. The smallest absolute Gasteiger partial charge is 0.351 e. The summed E-state index contributed by atoms with van der Waals surface area (Å²) in [6, 6.07) is 17.7. The first-order valence-corrected chi connectivity index (χ1v) is 8.48. The van der Waals surface area contributed by atoms with Gasteiger partial charge < -0.3 is 14.1 Å². The largest absolute Gasteiger partial charge is 0.449 e. The number of carbonyl (C=O) groups excluding carboxylic acids is 2. The molecule has 6 heteroatoms. The summed E-state index contributed by atoms with van der Waals surface area (Å²) < 4.78 is 10.3. The summed E-state index contributed by atoms with van der Waals surface area (Å²) in [6.07, 6.45) is -1.03. The van der Waals surface area contributed by atoms with E-state index >= 15 is 0 Å². The molecule has 0 unspecified atom stereocenters. The Hall–Kier alpha value is -3.41. The standard InChI is InChI=1S/C21H19NO5/c1-14(19(23)22(2)13-15-8-4-3-5-9-15)26-20(24)17-12-16-10-6-7-11-18(16)27-21(17)25/h3-12,14H,13H2,1-2H3/t14-/m1/s1. The highest BCUT2D eigenvalue weighted by Crippen LogP contribution is 2.14. The molecule has 0 aliphatic rings. The van der Waals surface area contributed by atoms with Gasteiger partial charge in [-0.1, -0.05) is 48.5 Å². The van der Waals surface area contributed by atoms with Gasteiger partial charge in [0.15, 0.2) is 6.10 Å². The van der Waals surface area contributed by atoms with Gasteiger partial charge in [0.1, 0.15) is 11.1 Å². The summed E-state index contributed by atoms with van der Waals surface area (Å²) in [5.41, 5.74) is 0.308. The van der Waals surface area contributed by atoms with Crippen LogP contribution in [0.25, 0.3) is 11.0 Å². The van der Waals surface area contributed by atoms with Crippen molar-refractivity contribution in [3.8, 4) is 0 Å². The second kappa shape index (κ2) is 7.86. The molecule has 0 aliphatic carbocycles. The Morgan fingerprint density at radius 2 is 1.74 bits per heavy atom. The van der Waals surface area contributed by atoms with Gasteiger partial charge in [0.05, 0.1) is 0 Å². The van der Waals surface area contributed by atoms with Crippen molar-refractivity contribution < 1.29 is 18.7 Å². The van der Waals surface area contributed by atoms with Crippen LogP contribution in [0.3, 0.4) is 0 Å². The van der Waals surface area contributed by atoms with E-state index in [1.807, 2.05) is 30.3 Å². The molecular weight excluding hydrogens is 346 g/mol. The third-order valence-corrected chi connectivity index (χ3v) is 4.13. The zero-order valence-electron chi connectivity index (χ0n) is 15.0. The number of likely N-dealkylation sites (N-methyl/N-ethyl adjacent to an activating group) is 1. The number of esters is 1. The molecular formula is C21H19NO5. The summed E-state index contributed by atoms with van der Waals surface area (Å²) in [5.74, 6) is -1.25. The van der Waals surface area contributed by atoms with Crippen molar-refractivity contribution in [1.82, 2.24) is 4.90 Å². The number of para-hydroxylation sites is 1. The number of amides is 1. The maximum atomic E-state index is 12.5. The maximum Gasteiger partial charge on any atom is 0.351 e. The van der Waals surface area contributed by atoms with Crippen LogP contribution in [0, 0.1) is 0 Å². The second-order valence-electron chi connectivity index (χ2n) is 6.21. The normalized spacial score (nSPS) is 11.8. The van der Waals surface area contributed by atoms with Crippen LogP contribution in [0.4, 0.5) is 0 Å². The quantitative estimate of drug-likeness (QED) is 0.513. The first-order chi connectivity index (χ1) is 13.0. The number of ether oxygens (including phenoxy) is 1. The third-order valence-electron chi connectivity index (χ3n) is 4.13. The zero-order chi connectivity index (χ0) is 19.4. The first-order valence-electron chi connectivity index (χ1n) is 8.48.